The van der Waals surface area contributed by atoms with Gasteiger partial charge in [0.1, 0.15) is 11.6 Å². The summed E-state index contributed by atoms with van der Waals surface area (Å²) in [5.74, 6) is 1.29. The second kappa shape index (κ2) is 8.69. The van der Waals surface area contributed by atoms with Crippen LogP contribution in [-0.2, 0) is 22.7 Å². The van der Waals surface area contributed by atoms with Gasteiger partial charge in [0, 0.05) is 51.8 Å². The van der Waals surface area contributed by atoms with E-state index in [4.69, 9.17) is 14.5 Å². The molecule has 1 amide bonds. The van der Waals surface area contributed by atoms with Crippen LogP contribution in [-0.4, -0.2) is 51.2 Å². The lowest BCUT2D eigenvalue weighted by atomic mass is 9.71. The van der Waals surface area contributed by atoms with Gasteiger partial charge in [0.05, 0.1) is 34.9 Å². The molecule has 0 saturated carbocycles. The molecule has 0 atom stereocenters. The Balaban J connectivity index is 1.18. The number of aromatic nitrogens is 3. The van der Waals surface area contributed by atoms with E-state index in [1.54, 1.807) is 0 Å². The number of fused-ring (bicyclic) bond motifs is 2. The number of aryl methyl sites for hydroxylation is 1. The summed E-state index contributed by atoms with van der Waals surface area (Å²) in [6.07, 6.45) is 7.37. The number of hydrogen-bond acceptors (Lipinski definition) is 7. The van der Waals surface area contributed by atoms with E-state index in [9.17, 15) is 4.79 Å². The van der Waals surface area contributed by atoms with E-state index < -0.39 is 5.79 Å². The zero-order chi connectivity index (χ0) is 24.9. The van der Waals surface area contributed by atoms with E-state index in [1.165, 1.54) is 0 Å². The molecule has 8 nitrogen and oxygen atoms in total. The summed E-state index contributed by atoms with van der Waals surface area (Å²) < 4.78 is 12.0. The second-order valence-corrected chi connectivity index (χ2v) is 10.8. The summed E-state index contributed by atoms with van der Waals surface area (Å²) in [5, 5.41) is 0. The molecule has 3 aliphatic rings. The number of rotatable bonds is 3. The van der Waals surface area contributed by atoms with E-state index in [-0.39, 0.29) is 11.3 Å². The van der Waals surface area contributed by atoms with Crippen molar-refractivity contribution < 1.29 is 14.3 Å². The molecule has 2 fully saturated rings. The van der Waals surface area contributed by atoms with Crippen LogP contribution in [0, 0.1) is 12.3 Å². The Kier molecular flexibility index (Phi) is 5.59. The fourth-order valence-corrected chi connectivity index (χ4v) is 5.86. The molecular weight excluding hydrogens is 454 g/mol. The molecule has 0 unspecified atom stereocenters. The monoisotopic (exact) mass is 487 g/mol. The van der Waals surface area contributed by atoms with Crippen molar-refractivity contribution in [3.63, 3.8) is 0 Å². The predicted octanol–water partition coefficient (Wildman–Crippen LogP) is 4.39. The number of piperidine rings is 2. The van der Waals surface area contributed by atoms with Crippen molar-refractivity contribution in [1.29, 1.82) is 0 Å². The molecule has 0 radical (unpaired) electrons. The van der Waals surface area contributed by atoms with Gasteiger partial charge in [-0.1, -0.05) is 12.1 Å². The largest absolute Gasteiger partial charge is 0.461 e. The third kappa shape index (κ3) is 4.07. The average molecular weight is 488 g/mol. The molecular formula is C28H33N5O3. The molecule has 0 aliphatic carbocycles. The molecule has 0 N–H and O–H groups in total. The normalized spacial score (nSPS) is 20.9. The smallest absolute Gasteiger partial charge is 0.229 e. The first-order chi connectivity index (χ1) is 17.3. The molecule has 2 saturated heterocycles. The maximum Gasteiger partial charge on any atom is 0.229 e. The highest BCUT2D eigenvalue weighted by Crippen LogP contribution is 2.43. The van der Waals surface area contributed by atoms with Crippen LogP contribution in [0.25, 0.3) is 11.0 Å². The van der Waals surface area contributed by atoms with Gasteiger partial charge in [-0.3, -0.25) is 14.8 Å². The summed E-state index contributed by atoms with van der Waals surface area (Å²) in [4.78, 5) is 32.1. The fourth-order valence-electron chi connectivity index (χ4n) is 5.86. The number of likely N-dealkylation sites (tertiary alicyclic amines) is 1. The van der Waals surface area contributed by atoms with Gasteiger partial charge in [-0.2, -0.15) is 0 Å². The lowest BCUT2D eigenvalue weighted by Crippen LogP contribution is -2.53. The molecule has 3 aliphatic heterocycles. The average Bonchev–Trinajstić information content (AvgIpc) is 2.88. The highest BCUT2D eigenvalue weighted by molar-refractivity contribution is 5.84. The summed E-state index contributed by atoms with van der Waals surface area (Å²) in [6, 6.07) is 7.94. The van der Waals surface area contributed by atoms with Crippen molar-refractivity contribution in [2.75, 3.05) is 24.5 Å². The number of anilines is 1. The lowest BCUT2D eigenvalue weighted by molar-refractivity contribution is -0.181. The minimum Gasteiger partial charge on any atom is -0.461 e. The summed E-state index contributed by atoms with van der Waals surface area (Å²) in [6.45, 7) is 9.19. The van der Waals surface area contributed by atoms with Gasteiger partial charge in [0.2, 0.25) is 11.7 Å². The molecule has 3 aromatic rings. The lowest BCUT2D eigenvalue weighted by Gasteiger charge is -2.46. The molecule has 0 bridgehead atoms. The molecule has 6 rings (SSSR count). The highest BCUT2D eigenvalue weighted by Gasteiger charge is 2.46. The zero-order valence-corrected chi connectivity index (χ0v) is 21.3. The maximum absolute atomic E-state index is 13.9. The maximum atomic E-state index is 13.9. The van der Waals surface area contributed by atoms with Crippen molar-refractivity contribution in [3.05, 3.63) is 53.5 Å². The van der Waals surface area contributed by atoms with Crippen molar-refractivity contribution in [2.45, 2.75) is 65.4 Å². The van der Waals surface area contributed by atoms with Crippen LogP contribution >= 0.6 is 0 Å². The number of benzene rings is 1. The van der Waals surface area contributed by atoms with E-state index in [0.29, 0.717) is 13.2 Å². The summed E-state index contributed by atoms with van der Waals surface area (Å²) in [7, 11) is 0. The quantitative estimate of drug-likeness (QED) is 0.542. The van der Waals surface area contributed by atoms with Crippen LogP contribution in [0.3, 0.4) is 0 Å². The first-order valence-corrected chi connectivity index (χ1v) is 12.9. The minimum atomic E-state index is -0.674. The standard InChI is InChI=1S/C28H33N5O3/c1-19-25-21(18-35-27(2,3)36-25)20(15-29-19)17-33-12-6-9-28(26(33)34)10-13-32(14-11-28)24-16-30-22-7-4-5-8-23(22)31-24/h4-5,7-8,15-16H,6,9-14,17-18H2,1-3H3. The van der Waals surface area contributed by atoms with Crippen LogP contribution in [0.15, 0.2) is 36.7 Å². The molecule has 2 aromatic heterocycles. The van der Waals surface area contributed by atoms with Gasteiger partial charge < -0.3 is 19.3 Å². The van der Waals surface area contributed by atoms with Crippen molar-refractivity contribution in [3.8, 4) is 5.75 Å². The Morgan fingerprint density at radius 1 is 1.00 bits per heavy atom. The van der Waals surface area contributed by atoms with Gasteiger partial charge in [0.25, 0.3) is 0 Å². The van der Waals surface area contributed by atoms with Crippen LogP contribution in [0.4, 0.5) is 5.82 Å². The van der Waals surface area contributed by atoms with Gasteiger partial charge in [-0.05, 0) is 50.3 Å². The van der Waals surface area contributed by atoms with Gasteiger partial charge in [0.15, 0.2) is 0 Å². The van der Waals surface area contributed by atoms with Gasteiger partial charge in [-0.25, -0.2) is 4.98 Å². The Labute approximate surface area is 211 Å². The number of amides is 1. The Morgan fingerprint density at radius 3 is 2.58 bits per heavy atom. The van der Waals surface area contributed by atoms with Gasteiger partial charge in [-0.15, -0.1) is 0 Å². The van der Waals surface area contributed by atoms with E-state index in [1.807, 2.05) is 62.3 Å². The van der Waals surface area contributed by atoms with Crippen LogP contribution < -0.4 is 9.64 Å². The van der Waals surface area contributed by atoms with Crippen molar-refractivity contribution in [1.82, 2.24) is 19.9 Å². The van der Waals surface area contributed by atoms with E-state index in [0.717, 1.165) is 84.7 Å². The number of pyridine rings is 1. The van der Waals surface area contributed by atoms with Crippen LogP contribution in [0.1, 0.15) is 56.4 Å². The minimum absolute atomic E-state index is 0.269. The summed E-state index contributed by atoms with van der Waals surface area (Å²) in [5.41, 5.74) is 4.39. The number of para-hydroxylation sites is 2. The molecule has 188 valence electrons. The second-order valence-electron chi connectivity index (χ2n) is 10.8. The first kappa shape index (κ1) is 23.2. The predicted molar refractivity (Wildman–Crippen MR) is 137 cm³/mol. The molecule has 5 heterocycles. The number of ether oxygens (including phenoxy) is 2. The number of carbonyl (C=O) groups is 1. The first-order valence-electron chi connectivity index (χ1n) is 12.9. The Bertz CT molecular complexity index is 1320. The highest BCUT2D eigenvalue weighted by atomic mass is 16.7. The molecule has 8 heteroatoms. The molecule has 1 spiro atoms. The van der Waals surface area contributed by atoms with Crippen molar-refractivity contribution in [2.24, 2.45) is 5.41 Å². The third-order valence-electron chi connectivity index (χ3n) is 7.98. The van der Waals surface area contributed by atoms with Crippen LogP contribution in [0.5, 0.6) is 5.75 Å². The third-order valence-corrected chi connectivity index (χ3v) is 7.98. The number of nitrogens with zero attached hydrogens (tertiary/aromatic N) is 5. The molecule has 1 aromatic carbocycles. The van der Waals surface area contributed by atoms with Gasteiger partial charge >= 0.3 is 0 Å². The van der Waals surface area contributed by atoms with Crippen LogP contribution in [0.2, 0.25) is 0 Å². The SMILES string of the molecule is Cc1ncc(CN2CCCC3(CCN(c4cnc5ccccc5n4)CC3)C2=O)c2c1OC(C)(C)OC2. The molecule has 36 heavy (non-hydrogen) atoms. The number of hydrogen-bond donors (Lipinski definition) is 0. The van der Waals surface area contributed by atoms with E-state index in [2.05, 4.69) is 14.9 Å². The summed E-state index contributed by atoms with van der Waals surface area (Å²) >= 11 is 0. The Hall–Kier alpha value is -3.26. The van der Waals surface area contributed by atoms with Crippen molar-refractivity contribution >= 4 is 22.8 Å². The van der Waals surface area contributed by atoms with E-state index >= 15 is 0 Å². The topological polar surface area (TPSA) is 80.7 Å². The Morgan fingerprint density at radius 2 is 1.78 bits per heavy atom. The zero-order valence-electron chi connectivity index (χ0n) is 21.3. The fraction of sp³-hybridized carbons (Fsp3) is 0.500. The number of carbonyl (C=O) groups excluding carboxylic acids is 1.